The maximum Gasteiger partial charge on any atom is 0.330 e. The second-order valence-corrected chi connectivity index (χ2v) is 10.4. The van der Waals surface area contributed by atoms with E-state index >= 15 is 0 Å². The summed E-state index contributed by atoms with van der Waals surface area (Å²) < 4.78 is 29.3. The van der Waals surface area contributed by atoms with Crippen LogP contribution in [0.5, 0.6) is 0 Å². The van der Waals surface area contributed by atoms with Crippen LogP contribution >= 0.6 is 7.60 Å². The summed E-state index contributed by atoms with van der Waals surface area (Å²) in [6.45, 7) is 9.19. The molecule has 0 bridgehead atoms. The van der Waals surface area contributed by atoms with Crippen LogP contribution in [0.3, 0.4) is 0 Å². The summed E-state index contributed by atoms with van der Waals surface area (Å²) >= 11 is 0. The SMILES string of the molecule is [B][C@H]1C[C@H](/C=C/C(=O)OCc2ccccc2)C(C)[C@@H]1OP(C)(=O)OC(C)(C)C. The van der Waals surface area contributed by atoms with Crippen LogP contribution in [0.1, 0.15) is 39.7 Å². The number of rotatable bonds is 7. The maximum atomic E-state index is 12.7. The molecule has 152 valence electrons. The van der Waals surface area contributed by atoms with Gasteiger partial charge in [0.05, 0.1) is 19.6 Å². The highest BCUT2D eigenvalue weighted by molar-refractivity contribution is 7.53. The molecule has 2 unspecified atom stereocenters. The Labute approximate surface area is 169 Å². The number of esters is 1. The van der Waals surface area contributed by atoms with Crippen molar-refractivity contribution in [3.63, 3.8) is 0 Å². The lowest BCUT2D eigenvalue weighted by atomic mass is 9.83. The molecular formula is C21H30BO5P. The predicted molar refractivity (Wildman–Crippen MR) is 111 cm³/mol. The summed E-state index contributed by atoms with van der Waals surface area (Å²) in [4.78, 5) is 12.0. The van der Waals surface area contributed by atoms with Gasteiger partial charge in [0, 0.05) is 12.7 Å². The minimum Gasteiger partial charge on any atom is -0.458 e. The summed E-state index contributed by atoms with van der Waals surface area (Å²) in [5, 5.41) is 0. The van der Waals surface area contributed by atoms with Gasteiger partial charge in [-0.1, -0.05) is 49.1 Å². The zero-order chi connectivity index (χ0) is 20.9. The highest BCUT2D eigenvalue weighted by Gasteiger charge is 2.41. The minimum atomic E-state index is -3.24. The average Bonchev–Trinajstić information content (AvgIpc) is 2.84. The van der Waals surface area contributed by atoms with Gasteiger partial charge < -0.3 is 13.8 Å². The molecule has 0 spiro atoms. The lowest BCUT2D eigenvalue weighted by Gasteiger charge is -2.30. The zero-order valence-electron chi connectivity index (χ0n) is 17.3. The lowest BCUT2D eigenvalue weighted by Crippen LogP contribution is -2.24. The van der Waals surface area contributed by atoms with Gasteiger partial charge in [0.15, 0.2) is 0 Å². The highest BCUT2D eigenvalue weighted by Crippen LogP contribution is 2.54. The van der Waals surface area contributed by atoms with E-state index in [1.54, 1.807) is 0 Å². The van der Waals surface area contributed by atoms with Crippen molar-refractivity contribution in [2.24, 2.45) is 11.8 Å². The van der Waals surface area contributed by atoms with Gasteiger partial charge in [0.25, 0.3) is 0 Å². The maximum absolute atomic E-state index is 12.7. The molecule has 1 saturated carbocycles. The molecule has 5 atom stereocenters. The Morgan fingerprint density at radius 1 is 1.29 bits per heavy atom. The third kappa shape index (κ3) is 7.23. The molecule has 0 heterocycles. The number of allylic oxidation sites excluding steroid dienone is 1. The molecule has 0 aliphatic heterocycles. The largest absolute Gasteiger partial charge is 0.458 e. The van der Waals surface area contributed by atoms with Gasteiger partial charge in [0.2, 0.25) is 0 Å². The summed E-state index contributed by atoms with van der Waals surface area (Å²) in [6.07, 6.45) is 3.50. The van der Waals surface area contributed by atoms with Crippen molar-refractivity contribution in [3.05, 3.63) is 48.0 Å². The topological polar surface area (TPSA) is 61.8 Å². The third-order valence-electron chi connectivity index (χ3n) is 4.62. The third-order valence-corrected chi connectivity index (χ3v) is 6.12. The van der Waals surface area contributed by atoms with Crippen molar-refractivity contribution in [3.8, 4) is 0 Å². The van der Waals surface area contributed by atoms with E-state index in [0.29, 0.717) is 6.42 Å². The summed E-state index contributed by atoms with van der Waals surface area (Å²) in [7, 11) is 2.98. The predicted octanol–water partition coefficient (Wildman–Crippen LogP) is 4.92. The number of carbonyl (C=O) groups is 1. The van der Waals surface area contributed by atoms with Crippen molar-refractivity contribution in [1.82, 2.24) is 0 Å². The van der Waals surface area contributed by atoms with E-state index in [4.69, 9.17) is 21.6 Å². The highest BCUT2D eigenvalue weighted by atomic mass is 31.2. The van der Waals surface area contributed by atoms with Gasteiger partial charge in [-0.2, -0.15) is 0 Å². The van der Waals surface area contributed by atoms with Gasteiger partial charge in [-0.15, -0.1) is 0 Å². The molecule has 1 aromatic rings. The standard InChI is InChI=1S/C21H30BO5P/c1-15-17(11-12-19(23)25-14-16-9-7-6-8-10-16)13-18(22)20(15)26-28(5,24)27-21(2,3)4/h6-12,15,17-18,20H,13-14H2,1-5H3/b12-11+/t15?,17-,18-,20-,28?/m0/s1. The van der Waals surface area contributed by atoms with E-state index in [9.17, 15) is 9.36 Å². The van der Waals surface area contributed by atoms with E-state index in [1.165, 1.54) is 12.7 Å². The van der Waals surface area contributed by atoms with Gasteiger partial charge >= 0.3 is 13.6 Å². The summed E-state index contributed by atoms with van der Waals surface area (Å²) in [5.74, 6) is -0.628. The molecule has 5 nitrogen and oxygen atoms in total. The molecule has 7 heteroatoms. The fourth-order valence-corrected chi connectivity index (χ4v) is 5.27. The van der Waals surface area contributed by atoms with Crippen LogP contribution in [0, 0.1) is 11.8 Å². The Balaban J connectivity index is 1.90. The molecule has 28 heavy (non-hydrogen) atoms. The molecule has 1 aromatic carbocycles. The molecule has 2 radical (unpaired) electrons. The van der Waals surface area contributed by atoms with Crippen LogP contribution in [0.4, 0.5) is 0 Å². The molecule has 1 aliphatic carbocycles. The smallest absolute Gasteiger partial charge is 0.330 e. The van der Waals surface area contributed by atoms with Gasteiger partial charge in [-0.3, -0.25) is 4.57 Å². The molecular weight excluding hydrogens is 374 g/mol. The first-order chi connectivity index (χ1) is 13.0. The average molecular weight is 404 g/mol. The molecule has 0 N–H and O–H groups in total. The lowest BCUT2D eigenvalue weighted by molar-refractivity contribution is -0.139. The number of hydrogen-bond acceptors (Lipinski definition) is 5. The van der Waals surface area contributed by atoms with E-state index < -0.39 is 25.3 Å². The summed E-state index contributed by atoms with van der Waals surface area (Å²) in [6, 6.07) is 9.52. The van der Waals surface area contributed by atoms with E-state index in [1.807, 2.05) is 64.1 Å². The van der Waals surface area contributed by atoms with Crippen molar-refractivity contribution in [2.45, 2.75) is 58.2 Å². The molecule has 0 aromatic heterocycles. The van der Waals surface area contributed by atoms with Crippen molar-refractivity contribution in [2.75, 3.05) is 6.66 Å². The summed E-state index contributed by atoms with van der Waals surface area (Å²) in [5.41, 5.74) is 0.365. The van der Waals surface area contributed by atoms with Crippen LogP contribution < -0.4 is 0 Å². The van der Waals surface area contributed by atoms with Gasteiger partial charge in [-0.05, 0) is 44.6 Å². The molecule has 0 amide bonds. The van der Waals surface area contributed by atoms with Crippen LogP contribution in [-0.4, -0.2) is 32.2 Å². The molecule has 1 aliphatic rings. The number of carbonyl (C=O) groups excluding carboxylic acids is 1. The second-order valence-electron chi connectivity index (χ2n) is 8.42. The monoisotopic (exact) mass is 404 g/mol. The fourth-order valence-electron chi connectivity index (χ4n) is 3.44. The Hall–Kier alpha value is -1.36. The van der Waals surface area contributed by atoms with E-state index in [2.05, 4.69) is 0 Å². The Kier molecular flexibility index (Phi) is 7.72. The quantitative estimate of drug-likeness (QED) is 0.279. The zero-order valence-corrected chi connectivity index (χ0v) is 18.2. The van der Waals surface area contributed by atoms with Crippen LogP contribution in [-0.2, 0) is 29.8 Å². The van der Waals surface area contributed by atoms with Crippen LogP contribution in [0.25, 0.3) is 0 Å². The number of hydrogen-bond donors (Lipinski definition) is 0. The second kappa shape index (κ2) is 9.43. The first kappa shape index (κ1) is 22.9. The van der Waals surface area contributed by atoms with E-state index in [-0.39, 0.29) is 24.3 Å². The first-order valence-corrected chi connectivity index (χ1v) is 11.6. The molecule has 0 saturated heterocycles. The molecule has 2 rings (SSSR count). The van der Waals surface area contributed by atoms with E-state index in [0.717, 1.165) is 5.56 Å². The Bertz CT molecular complexity index is 728. The van der Waals surface area contributed by atoms with Crippen molar-refractivity contribution in [1.29, 1.82) is 0 Å². The number of benzene rings is 1. The van der Waals surface area contributed by atoms with Crippen LogP contribution in [0.2, 0.25) is 5.82 Å². The Morgan fingerprint density at radius 3 is 2.54 bits per heavy atom. The fraction of sp³-hybridized carbons (Fsp3) is 0.571. The Morgan fingerprint density at radius 2 is 1.93 bits per heavy atom. The minimum absolute atomic E-state index is 0.00465. The number of ether oxygens (including phenoxy) is 1. The van der Waals surface area contributed by atoms with Gasteiger partial charge in [-0.25, -0.2) is 4.79 Å². The van der Waals surface area contributed by atoms with Crippen LogP contribution in [0.15, 0.2) is 42.5 Å². The van der Waals surface area contributed by atoms with Crippen molar-refractivity contribution < 1.29 is 23.1 Å². The molecule has 1 fully saturated rings. The first-order valence-electron chi connectivity index (χ1n) is 9.58. The van der Waals surface area contributed by atoms with Gasteiger partial charge in [0.1, 0.15) is 6.61 Å². The van der Waals surface area contributed by atoms with Crippen molar-refractivity contribution >= 4 is 21.4 Å². The normalized spacial score (nSPS) is 27.6.